The van der Waals surface area contributed by atoms with Crippen LogP contribution in [0.1, 0.15) is 12.8 Å². The topological polar surface area (TPSA) is 49.4 Å². The molecule has 0 bridgehead atoms. The Bertz CT molecular complexity index is 565. The van der Waals surface area contributed by atoms with Gasteiger partial charge in [0, 0.05) is 23.6 Å². The molecular weight excluding hydrogens is 352 g/mol. The second kappa shape index (κ2) is 6.10. The van der Waals surface area contributed by atoms with E-state index in [2.05, 4.69) is 21.2 Å². The zero-order valence-electron chi connectivity index (χ0n) is 10.6. The molecule has 1 unspecified atom stereocenters. The molecule has 1 fully saturated rings. The lowest BCUT2D eigenvalue weighted by molar-refractivity contribution is 0.293. The summed E-state index contributed by atoms with van der Waals surface area (Å²) in [7, 11) is -1.58. The number of rotatable bonds is 3. The number of sulfonamides is 1. The molecule has 0 radical (unpaired) electrons. The van der Waals surface area contributed by atoms with Crippen molar-refractivity contribution in [1.82, 2.24) is 9.62 Å². The van der Waals surface area contributed by atoms with Gasteiger partial charge >= 0.3 is 0 Å². The monoisotopic (exact) mass is 366 g/mol. The van der Waals surface area contributed by atoms with Crippen molar-refractivity contribution in [3.63, 3.8) is 0 Å². The summed E-state index contributed by atoms with van der Waals surface area (Å²) in [5, 5.41) is 3.65. The van der Waals surface area contributed by atoms with Crippen molar-refractivity contribution < 1.29 is 8.42 Å². The van der Waals surface area contributed by atoms with Crippen LogP contribution in [0.3, 0.4) is 0 Å². The number of halogens is 2. The van der Waals surface area contributed by atoms with Gasteiger partial charge in [-0.15, -0.1) is 0 Å². The molecule has 106 valence electrons. The van der Waals surface area contributed by atoms with Gasteiger partial charge in [-0.25, -0.2) is 8.42 Å². The Labute approximate surface area is 127 Å². The van der Waals surface area contributed by atoms with Gasteiger partial charge in [0.05, 0.1) is 9.92 Å². The summed E-state index contributed by atoms with van der Waals surface area (Å²) in [6.07, 6.45) is 1.88. The van der Waals surface area contributed by atoms with E-state index in [-0.39, 0.29) is 10.9 Å². The van der Waals surface area contributed by atoms with E-state index in [4.69, 9.17) is 11.6 Å². The summed E-state index contributed by atoms with van der Waals surface area (Å²) in [6.45, 7) is 1.08. The molecule has 0 amide bonds. The number of hydrogen-bond donors (Lipinski definition) is 1. The molecule has 1 aliphatic rings. The van der Waals surface area contributed by atoms with Gasteiger partial charge in [0.1, 0.15) is 0 Å². The largest absolute Gasteiger partial charge is 0.316 e. The number of nitrogens with one attached hydrogen (secondary N) is 1. The normalized spacial score (nSPS) is 21.5. The van der Waals surface area contributed by atoms with E-state index in [0.29, 0.717) is 22.6 Å². The van der Waals surface area contributed by atoms with Crippen molar-refractivity contribution in [2.45, 2.75) is 23.8 Å². The maximum absolute atomic E-state index is 12.5. The van der Waals surface area contributed by atoms with Crippen LogP contribution in [-0.2, 0) is 10.0 Å². The molecular formula is C12H16BrClN2O2S. The fraction of sp³-hybridized carbons (Fsp3) is 0.500. The highest BCUT2D eigenvalue weighted by Gasteiger charge is 2.29. The minimum atomic E-state index is -3.44. The third kappa shape index (κ3) is 3.31. The lowest BCUT2D eigenvalue weighted by Gasteiger charge is -2.31. The molecule has 1 aliphatic heterocycles. The van der Waals surface area contributed by atoms with Crippen LogP contribution in [0.2, 0.25) is 5.02 Å². The zero-order valence-corrected chi connectivity index (χ0v) is 13.7. The Hall–Kier alpha value is -0.140. The first-order valence-corrected chi connectivity index (χ1v) is 8.68. The number of benzene rings is 1. The second-order valence-corrected chi connectivity index (χ2v) is 7.77. The van der Waals surface area contributed by atoms with Crippen molar-refractivity contribution in [3.05, 3.63) is 27.7 Å². The van der Waals surface area contributed by atoms with Crippen LogP contribution >= 0.6 is 27.5 Å². The predicted molar refractivity (Wildman–Crippen MR) is 80.0 cm³/mol. The van der Waals surface area contributed by atoms with E-state index < -0.39 is 10.0 Å². The van der Waals surface area contributed by atoms with Gasteiger partial charge in [0.25, 0.3) is 0 Å². The molecule has 0 saturated carbocycles. The summed E-state index contributed by atoms with van der Waals surface area (Å²) >= 11 is 9.16. The number of hydrogen-bond acceptors (Lipinski definition) is 3. The van der Waals surface area contributed by atoms with Gasteiger partial charge in [0.15, 0.2) is 0 Å². The Morgan fingerprint density at radius 2 is 2.21 bits per heavy atom. The van der Waals surface area contributed by atoms with Crippen LogP contribution in [0.25, 0.3) is 0 Å². The van der Waals surface area contributed by atoms with Crippen LogP contribution in [0, 0.1) is 0 Å². The summed E-state index contributed by atoms with van der Waals surface area (Å²) in [4.78, 5) is 0.278. The highest BCUT2D eigenvalue weighted by molar-refractivity contribution is 9.10. The smallest absolute Gasteiger partial charge is 0.243 e. The molecule has 0 spiro atoms. The van der Waals surface area contributed by atoms with Gasteiger partial charge in [-0.3, -0.25) is 0 Å². The minimum absolute atomic E-state index is 0.222. The molecule has 1 aromatic carbocycles. The average molecular weight is 368 g/mol. The van der Waals surface area contributed by atoms with Crippen molar-refractivity contribution in [2.75, 3.05) is 20.1 Å². The summed E-state index contributed by atoms with van der Waals surface area (Å²) < 4.78 is 27.2. The van der Waals surface area contributed by atoms with Crippen molar-refractivity contribution in [3.8, 4) is 0 Å². The summed E-state index contributed by atoms with van der Waals surface area (Å²) in [5.74, 6) is 0. The lowest BCUT2D eigenvalue weighted by atomic mass is 10.1. The van der Waals surface area contributed by atoms with E-state index in [1.54, 1.807) is 18.2 Å². The molecule has 1 N–H and O–H groups in total. The van der Waals surface area contributed by atoms with Gasteiger partial charge in [-0.2, -0.15) is 4.31 Å². The van der Waals surface area contributed by atoms with E-state index >= 15 is 0 Å². The fourth-order valence-corrected chi connectivity index (χ4v) is 4.38. The molecule has 1 saturated heterocycles. The van der Waals surface area contributed by atoms with Gasteiger partial charge in [-0.1, -0.05) is 11.6 Å². The Balaban J connectivity index is 2.28. The number of nitrogens with zero attached hydrogens (tertiary/aromatic N) is 1. The molecule has 1 atom stereocenters. The van der Waals surface area contributed by atoms with Crippen molar-refractivity contribution in [1.29, 1.82) is 0 Å². The Morgan fingerprint density at radius 3 is 2.84 bits per heavy atom. The van der Waals surface area contributed by atoms with Gasteiger partial charge in [-0.05, 0) is 54.0 Å². The van der Waals surface area contributed by atoms with E-state index in [1.807, 2.05) is 7.05 Å². The SMILES string of the molecule is CNC1CCCN(S(=O)(=O)c2ccc(Cl)c(Br)c2)C1. The number of likely N-dealkylation sites (N-methyl/N-ethyl adjacent to an activating group) is 1. The summed E-state index contributed by atoms with van der Waals surface area (Å²) in [5.41, 5.74) is 0. The summed E-state index contributed by atoms with van der Waals surface area (Å²) in [6, 6.07) is 4.92. The molecule has 19 heavy (non-hydrogen) atoms. The van der Waals surface area contributed by atoms with E-state index in [9.17, 15) is 8.42 Å². The minimum Gasteiger partial charge on any atom is -0.316 e. The van der Waals surface area contributed by atoms with Crippen LogP contribution < -0.4 is 5.32 Å². The number of piperidine rings is 1. The quantitative estimate of drug-likeness (QED) is 0.893. The third-order valence-electron chi connectivity index (χ3n) is 3.32. The molecule has 7 heteroatoms. The average Bonchev–Trinajstić information content (AvgIpc) is 2.41. The second-order valence-electron chi connectivity index (χ2n) is 4.57. The maximum Gasteiger partial charge on any atom is 0.243 e. The first-order chi connectivity index (χ1) is 8.95. The standard InChI is InChI=1S/C12H16BrClN2O2S/c1-15-9-3-2-6-16(8-9)19(17,18)10-4-5-12(14)11(13)7-10/h4-5,7,9,15H,2-3,6,8H2,1H3. The lowest BCUT2D eigenvalue weighted by Crippen LogP contribution is -2.46. The van der Waals surface area contributed by atoms with Crippen molar-refractivity contribution >= 4 is 37.6 Å². The molecule has 0 aliphatic carbocycles. The highest BCUT2D eigenvalue weighted by Crippen LogP contribution is 2.28. The first kappa shape index (κ1) is 15.3. The van der Waals surface area contributed by atoms with E-state index in [0.717, 1.165) is 12.8 Å². The maximum atomic E-state index is 12.5. The molecule has 0 aromatic heterocycles. The Morgan fingerprint density at radius 1 is 1.47 bits per heavy atom. The van der Waals surface area contributed by atoms with Gasteiger partial charge < -0.3 is 5.32 Å². The van der Waals surface area contributed by atoms with Crippen LogP contribution in [0.4, 0.5) is 0 Å². The van der Waals surface area contributed by atoms with Crippen LogP contribution in [0.15, 0.2) is 27.6 Å². The third-order valence-corrected chi connectivity index (χ3v) is 6.40. The van der Waals surface area contributed by atoms with Crippen LogP contribution in [0.5, 0.6) is 0 Å². The molecule has 1 aromatic rings. The zero-order chi connectivity index (χ0) is 14.0. The van der Waals surface area contributed by atoms with Gasteiger partial charge in [0.2, 0.25) is 10.0 Å². The highest BCUT2D eigenvalue weighted by atomic mass is 79.9. The molecule has 1 heterocycles. The Kier molecular flexibility index (Phi) is 4.89. The predicted octanol–water partition coefficient (Wildman–Crippen LogP) is 2.48. The molecule has 2 rings (SSSR count). The van der Waals surface area contributed by atoms with Crippen molar-refractivity contribution in [2.24, 2.45) is 0 Å². The van der Waals surface area contributed by atoms with E-state index in [1.165, 1.54) is 4.31 Å². The fourth-order valence-electron chi connectivity index (χ4n) is 2.18. The molecule has 4 nitrogen and oxygen atoms in total. The van der Waals surface area contributed by atoms with Crippen LogP contribution in [-0.4, -0.2) is 38.9 Å². The first-order valence-electron chi connectivity index (χ1n) is 6.07.